The molecule has 19 heavy (non-hydrogen) atoms. The number of amides is 1. The molecule has 1 unspecified atom stereocenters. The number of rotatable bonds is 6. The Kier molecular flexibility index (Phi) is 5.51. The fourth-order valence-corrected chi connectivity index (χ4v) is 1.68. The molecule has 1 amide bonds. The summed E-state index contributed by atoms with van der Waals surface area (Å²) in [7, 11) is 1.58. The molecule has 0 fully saturated rings. The van der Waals surface area contributed by atoms with Gasteiger partial charge in [-0.05, 0) is 25.5 Å². The van der Waals surface area contributed by atoms with E-state index in [4.69, 9.17) is 9.84 Å². The molecule has 1 aromatic carbocycles. The summed E-state index contributed by atoms with van der Waals surface area (Å²) in [5.74, 6) is -1.24. The fraction of sp³-hybridized carbons (Fsp3) is 0.429. The Morgan fingerprint density at radius 2 is 1.95 bits per heavy atom. The molecule has 5 nitrogen and oxygen atoms in total. The highest BCUT2D eigenvalue weighted by atomic mass is 16.5. The minimum atomic E-state index is -1.03. The minimum Gasteiger partial charge on any atom is -0.478 e. The largest absolute Gasteiger partial charge is 0.478 e. The number of carbonyl (C=O) groups excluding carboxylic acids is 1. The van der Waals surface area contributed by atoms with Crippen molar-refractivity contribution >= 4 is 11.9 Å². The Labute approximate surface area is 112 Å². The highest BCUT2D eigenvalue weighted by Gasteiger charge is 2.16. The van der Waals surface area contributed by atoms with Crippen molar-refractivity contribution in [2.45, 2.75) is 32.4 Å². The number of ether oxygens (including phenoxy) is 1. The van der Waals surface area contributed by atoms with E-state index >= 15 is 0 Å². The smallest absolute Gasteiger partial charge is 0.335 e. The van der Waals surface area contributed by atoms with Crippen molar-refractivity contribution < 1.29 is 19.4 Å². The topological polar surface area (TPSA) is 75.6 Å². The van der Waals surface area contributed by atoms with Gasteiger partial charge in [0.15, 0.2) is 0 Å². The monoisotopic (exact) mass is 265 g/mol. The molecule has 0 heterocycles. The molecule has 1 rings (SSSR count). The van der Waals surface area contributed by atoms with E-state index in [0.29, 0.717) is 5.56 Å². The molecule has 1 aromatic rings. The second-order valence-electron chi connectivity index (χ2n) is 4.44. The molecule has 0 aliphatic carbocycles. The first-order valence-corrected chi connectivity index (χ1v) is 6.09. The van der Waals surface area contributed by atoms with Crippen LogP contribution in [0.4, 0.5) is 0 Å². The van der Waals surface area contributed by atoms with Crippen LogP contribution in [-0.4, -0.2) is 36.2 Å². The van der Waals surface area contributed by atoms with Crippen molar-refractivity contribution in [3.63, 3.8) is 0 Å². The first-order chi connectivity index (χ1) is 8.95. The van der Waals surface area contributed by atoms with Gasteiger partial charge in [-0.3, -0.25) is 4.79 Å². The molecule has 104 valence electrons. The molecular formula is C14H19NO4. The molecule has 5 heteroatoms. The third-order valence-electron chi connectivity index (χ3n) is 3.06. The summed E-state index contributed by atoms with van der Waals surface area (Å²) in [6, 6.07) is 6.37. The van der Waals surface area contributed by atoms with Gasteiger partial charge in [-0.15, -0.1) is 0 Å². The maximum Gasteiger partial charge on any atom is 0.335 e. The van der Waals surface area contributed by atoms with Crippen LogP contribution in [0.25, 0.3) is 0 Å². The summed E-state index contributed by atoms with van der Waals surface area (Å²) in [6.45, 7) is 3.70. The second-order valence-corrected chi connectivity index (χ2v) is 4.44. The number of methoxy groups -OCH3 is 1. The summed E-state index contributed by atoms with van der Waals surface area (Å²) < 4.78 is 5.12. The van der Waals surface area contributed by atoms with Crippen molar-refractivity contribution in [3.05, 3.63) is 35.4 Å². The lowest BCUT2D eigenvalue weighted by Gasteiger charge is -2.20. The molecule has 2 atom stereocenters. The number of nitrogens with one attached hydrogen (secondary N) is 1. The molecule has 0 aliphatic heterocycles. The van der Waals surface area contributed by atoms with Crippen LogP contribution in [0.15, 0.2) is 24.3 Å². The van der Waals surface area contributed by atoms with Gasteiger partial charge >= 0.3 is 5.97 Å². The summed E-state index contributed by atoms with van der Waals surface area (Å²) in [4.78, 5) is 22.9. The minimum absolute atomic E-state index is 0.0449. The molecule has 0 bridgehead atoms. The quantitative estimate of drug-likeness (QED) is 0.816. The van der Waals surface area contributed by atoms with E-state index < -0.39 is 5.97 Å². The predicted molar refractivity (Wildman–Crippen MR) is 71.2 cm³/mol. The number of hydrogen-bond acceptors (Lipinski definition) is 3. The van der Waals surface area contributed by atoms with E-state index in [0.717, 1.165) is 0 Å². The van der Waals surface area contributed by atoms with Crippen LogP contribution < -0.4 is 5.32 Å². The summed E-state index contributed by atoms with van der Waals surface area (Å²) in [6.07, 6.45) is -0.0536. The van der Waals surface area contributed by atoms with Crippen molar-refractivity contribution in [1.29, 1.82) is 0 Å². The maximum absolute atomic E-state index is 11.9. The fourth-order valence-electron chi connectivity index (χ4n) is 1.68. The number of carboxylic acids is 1. The number of hydrogen-bond donors (Lipinski definition) is 2. The highest BCUT2D eigenvalue weighted by Crippen LogP contribution is 2.10. The second kappa shape index (κ2) is 6.89. The van der Waals surface area contributed by atoms with Crippen LogP contribution in [0.2, 0.25) is 0 Å². The summed E-state index contributed by atoms with van der Waals surface area (Å²) >= 11 is 0. The van der Waals surface area contributed by atoms with E-state index in [9.17, 15) is 9.59 Å². The molecule has 2 N–H and O–H groups in total. The van der Waals surface area contributed by atoms with Crippen molar-refractivity contribution in [2.75, 3.05) is 7.11 Å². The van der Waals surface area contributed by atoms with Crippen LogP contribution in [0.3, 0.4) is 0 Å². The van der Waals surface area contributed by atoms with E-state index in [1.807, 2.05) is 13.8 Å². The Bertz CT molecular complexity index is 459. The zero-order valence-electron chi connectivity index (χ0n) is 11.3. The number of benzene rings is 1. The van der Waals surface area contributed by atoms with Gasteiger partial charge in [0.05, 0.1) is 24.1 Å². The maximum atomic E-state index is 11.9. The highest BCUT2D eigenvalue weighted by molar-refractivity contribution is 5.91. The van der Waals surface area contributed by atoms with Crippen molar-refractivity contribution in [1.82, 2.24) is 5.32 Å². The SMILES string of the molecule is COC(C)[C@H](C)NC(=O)Cc1ccccc1C(=O)O. The van der Waals surface area contributed by atoms with Gasteiger partial charge in [-0.1, -0.05) is 18.2 Å². The van der Waals surface area contributed by atoms with Gasteiger partial charge in [0.25, 0.3) is 0 Å². The van der Waals surface area contributed by atoms with E-state index in [-0.39, 0.29) is 30.0 Å². The van der Waals surface area contributed by atoms with Gasteiger partial charge in [0.2, 0.25) is 5.91 Å². The molecule has 0 saturated carbocycles. The molecule has 0 saturated heterocycles. The Morgan fingerprint density at radius 3 is 2.53 bits per heavy atom. The van der Waals surface area contributed by atoms with Crippen LogP contribution in [0.5, 0.6) is 0 Å². The Morgan fingerprint density at radius 1 is 1.32 bits per heavy atom. The van der Waals surface area contributed by atoms with E-state index in [1.54, 1.807) is 25.3 Å². The molecule has 0 radical (unpaired) electrons. The van der Waals surface area contributed by atoms with Crippen LogP contribution in [0, 0.1) is 0 Å². The van der Waals surface area contributed by atoms with Gasteiger partial charge < -0.3 is 15.2 Å². The van der Waals surface area contributed by atoms with Gasteiger partial charge in [0.1, 0.15) is 0 Å². The average Bonchev–Trinajstić information content (AvgIpc) is 2.37. The first-order valence-electron chi connectivity index (χ1n) is 6.09. The average molecular weight is 265 g/mol. The molecule has 0 aromatic heterocycles. The lowest BCUT2D eigenvalue weighted by atomic mass is 10.0. The zero-order chi connectivity index (χ0) is 14.4. The normalized spacial score (nSPS) is 13.6. The lowest BCUT2D eigenvalue weighted by Crippen LogP contribution is -2.41. The number of carboxylic acid groups (broad SMARTS) is 1. The van der Waals surface area contributed by atoms with Crippen LogP contribution >= 0.6 is 0 Å². The third kappa shape index (κ3) is 4.37. The van der Waals surface area contributed by atoms with Crippen LogP contribution in [0.1, 0.15) is 29.8 Å². The molecule has 0 aliphatic rings. The Hall–Kier alpha value is -1.88. The molecule has 0 spiro atoms. The summed E-state index contributed by atoms with van der Waals surface area (Å²) in [5, 5.41) is 11.8. The van der Waals surface area contributed by atoms with Crippen molar-refractivity contribution in [3.8, 4) is 0 Å². The third-order valence-corrected chi connectivity index (χ3v) is 3.06. The predicted octanol–water partition coefficient (Wildman–Crippen LogP) is 1.47. The van der Waals surface area contributed by atoms with E-state index in [1.165, 1.54) is 6.07 Å². The van der Waals surface area contributed by atoms with E-state index in [2.05, 4.69) is 5.32 Å². The number of carbonyl (C=O) groups is 2. The zero-order valence-corrected chi connectivity index (χ0v) is 11.3. The summed E-state index contributed by atoms with van der Waals surface area (Å²) in [5.41, 5.74) is 0.662. The van der Waals surface area contributed by atoms with Crippen LogP contribution in [-0.2, 0) is 16.0 Å². The number of aromatic carboxylic acids is 1. The lowest BCUT2D eigenvalue weighted by molar-refractivity contribution is -0.121. The van der Waals surface area contributed by atoms with Gasteiger partial charge in [-0.25, -0.2) is 4.79 Å². The first kappa shape index (κ1) is 15.2. The standard InChI is InChI=1S/C14H19NO4/c1-9(10(2)19-3)15-13(16)8-11-6-4-5-7-12(11)14(17)18/h4-7,9-10H,8H2,1-3H3,(H,15,16)(H,17,18)/t9-,10?/m0/s1. The van der Waals surface area contributed by atoms with Gasteiger partial charge in [0, 0.05) is 7.11 Å². The Balaban J connectivity index is 2.70. The van der Waals surface area contributed by atoms with Gasteiger partial charge in [-0.2, -0.15) is 0 Å². The van der Waals surface area contributed by atoms with Crippen molar-refractivity contribution in [2.24, 2.45) is 0 Å². The molecular weight excluding hydrogens is 246 g/mol.